The van der Waals surface area contributed by atoms with Gasteiger partial charge in [0.2, 0.25) is 11.8 Å². The van der Waals surface area contributed by atoms with E-state index in [-0.39, 0.29) is 23.7 Å². The predicted molar refractivity (Wildman–Crippen MR) is 84.8 cm³/mol. The molecule has 2 aliphatic rings. The Morgan fingerprint density at radius 2 is 2.20 bits per heavy atom. The highest BCUT2D eigenvalue weighted by molar-refractivity contribution is 5.83. The molecule has 7 heteroatoms. The average Bonchev–Trinajstić information content (AvgIpc) is 3.26. The summed E-state index contributed by atoms with van der Waals surface area (Å²) in [6.07, 6.45) is 2.42. The van der Waals surface area contributed by atoms with Crippen LogP contribution in [0.15, 0.2) is 22.7 Å². The van der Waals surface area contributed by atoms with Gasteiger partial charge in [0, 0.05) is 37.9 Å². The Morgan fingerprint density at radius 1 is 1.36 bits per heavy atom. The molecule has 0 spiro atoms. The lowest BCUT2D eigenvalue weighted by atomic mass is 9.96. The fourth-order valence-electron chi connectivity index (χ4n) is 3.72. The number of benzene rings is 1. The van der Waals surface area contributed by atoms with Crippen molar-refractivity contribution >= 4 is 5.91 Å². The molecule has 0 unspecified atom stereocenters. The molecular formula is C18H19F2N3O2. The lowest BCUT2D eigenvalue weighted by molar-refractivity contribution is -0.133. The third-order valence-electron chi connectivity index (χ3n) is 5.11. The Bertz CT molecular complexity index is 807. The maximum atomic E-state index is 13.9. The quantitative estimate of drug-likeness (QED) is 0.856. The number of aryl methyl sites for hydroxylation is 1. The van der Waals surface area contributed by atoms with Crippen molar-refractivity contribution in [1.82, 2.24) is 15.0 Å². The van der Waals surface area contributed by atoms with E-state index in [1.807, 2.05) is 4.90 Å². The molecule has 3 atom stereocenters. The summed E-state index contributed by atoms with van der Waals surface area (Å²) >= 11 is 0. The smallest absolute Gasteiger partial charge is 0.226 e. The highest BCUT2D eigenvalue weighted by Gasteiger charge is 2.47. The molecular weight excluding hydrogens is 328 g/mol. The van der Waals surface area contributed by atoms with E-state index in [0.29, 0.717) is 36.8 Å². The van der Waals surface area contributed by atoms with E-state index in [0.717, 1.165) is 18.9 Å². The Hall–Kier alpha value is -2.31. The number of carbonyl (C=O) groups excluding carboxylic acids is 1. The largest absolute Gasteiger partial charge is 0.342 e. The van der Waals surface area contributed by atoms with Crippen LogP contribution in [0.5, 0.6) is 0 Å². The van der Waals surface area contributed by atoms with Crippen LogP contribution in [0.3, 0.4) is 0 Å². The maximum absolute atomic E-state index is 13.9. The van der Waals surface area contributed by atoms with Gasteiger partial charge in [-0.2, -0.15) is 4.98 Å². The van der Waals surface area contributed by atoms with Crippen molar-refractivity contribution in [2.24, 2.45) is 5.92 Å². The molecule has 4 rings (SSSR count). The molecule has 0 radical (unpaired) electrons. The van der Waals surface area contributed by atoms with Gasteiger partial charge in [0.25, 0.3) is 0 Å². The summed E-state index contributed by atoms with van der Waals surface area (Å²) in [5.41, 5.74) is 0.433. The number of amides is 1. The maximum Gasteiger partial charge on any atom is 0.226 e. The summed E-state index contributed by atoms with van der Waals surface area (Å²) in [6.45, 7) is 3.00. The van der Waals surface area contributed by atoms with Crippen LogP contribution in [0.2, 0.25) is 0 Å². The van der Waals surface area contributed by atoms with E-state index >= 15 is 0 Å². The van der Waals surface area contributed by atoms with Crippen molar-refractivity contribution < 1.29 is 18.1 Å². The van der Waals surface area contributed by atoms with Gasteiger partial charge in [-0.25, -0.2) is 8.78 Å². The summed E-state index contributed by atoms with van der Waals surface area (Å²) in [5, 5.41) is 3.97. The van der Waals surface area contributed by atoms with Crippen molar-refractivity contribution in [2.75, 3.05) is 13.1 Å². The van der Waals surface area contributed by atoms with Gasteiger partial charge >= 0.3 is 0 Å². The number of rotatable bonds is 3. The van der Waals surface area contributed by atoms with Gasteiger partial charge in [-0.15, -0.1) is 0 Å². The zero-order chi connectivity index (χ0) is 17.6. The van der Waals surface area contributed by atoms with E-state index in [4.69, 9.17) is 4.52 Å². The average molecular weight is 347 g/mol. The van der Waals surface area contributed by atoms with E-state index in [1.54, 1.807) is 6.92 Å². The van der Waals surface area contributed by atoms with Gasteiger partial charge in [0.1, 0.15) is 11.6 Å². The topological polar surface area (TPSA) is 59.2 Å². The summed E-state index contributed by atoms with van der Waals surface area (Å²) in [7, 11) is 0. The molecule has 1 aliphatic heterocycles. The Balaban J connectivity index is 1.43. The summed E-state index contributed by atoms with van der Waals surface area (Å²) in [6, 6.07) is 3.57. The minimum atomic E-state index is -0.598. The van der Waals surface area contributed by atoms with E-state index < -0.39 is 11.6 Å². The molecule has 1 aromatic carbocycles. The zero-order valence-corrected chi connectivity index (χ0v) is 13.9. The molecule has 1 saturated carbocycles. The van der Waals surface area contributed by atoms with Gasteiger partial charge in [-0.05, 0) is 36.8 Å². The number of likely N-dealkylation sites (tertiary alicyclic amines) is 1. The lowest BCUT2D eigenvalue weighted by Crippen LogP contribution is -2.40. The van der Waals surface area contributed by atoms with Crippen LogP contribution in [0.25, 0.3) is 0 Å². The highest BCUT2D eigenvalue weighted by atomic mass is 19.1. The number of carbonyl (C=O) groups is 1. The molecule has 1 aromatic heterocycles. The van der Waals surface area contributed by atoms with Crippen LogP contribution < -0.4 is 0 Å². The molecule has 0 N–H and O–H groups in total. The molecule has 2 fully saturated rings. The van der Waals surface area contributed by atoms with Gasteiger partial charge in [0.05, 0.1) is 0 Å². The molecule has 1 aliphatic carbocycles. The number of hydrogen-bond donors (Lipinski definition) is 0. The number of halogens is 2. The van der Waals surface area contributed by atoms with E-state index in [9.17, 15) is 13.6 Å². The lowest BCUT2D eigenvalue weighted by Gasteiger charge is -2.31. The molecule has 5 nitrogen and oxygen atoms in total. The van der Waals surface area contributed by atoms with Crippen LogP contribution in [0, 0.1) is 24.5 Å². The molecule has 1 amide bonds. The van der Waals surface area contributed by atoms with Crippen molar-refractivity contribution in [3.05, 3.63) is 47.1 Å². The monoisotopic (exact) mass is 347 g/mol. The van der Waals surface area contributed by atoms with Crippen LogP contribution in [0.1, 0.15) is 48.4 Å². The molecule has 1 saturated heterocycles. The number of hydrogen-bond acceptors (Lipinski definition) is 4. The third-order valence-corrected chi connectivity index (χ3v) is 5.11. The van der Waals surface area contributed by atoms with Crippen molar-refractivity contribution in [3.8, 4) is 0 Å². The normalized spacial score (nSPS) is 25.9. The molecule has 0 bridgehead atoms. The number of nitrogens with zero attached hydrogens (tertiary/aromatic N) is 3. The van der Waals surface area contributed by atoms with Gasteiger partial charge in [-0.3, -0.25) is 4.79 Å². The molecule has 132 valence electrons. The van der Waals surface area contributed by atoms with Crippen LogP contribution in [-0.2, 0) is 4.79 Å². The Morgan fingerprint density at radius 3 is 2.92 bits per heavy atom. The van der Waals surface area contributed by atoms with E-state index in [1.165, 1.54) is 12.1 Å². The fourth-order valence-corrected chi connectivity index (χ4v) is 3.72. The zero-order valence-electron chi connectivity index (χ0n) is 13.9. The molecule has 25 heavy (non-hydrogen) atoms. The summed E-state index contributed by atoms with van der Waals surface area (Å²) in [5.74, 6) is -0.252. The van der Waals surface area contributed by atoms with Gasteiger partial charge < -0.3 is 9.42 Å². The second-order valence-electron chi connectivity index (χ2n) is 6.91. The Labute approximate surface area is 144 Å². The van der Waals surface area contributed by atoms with Crippen LogP contribution >= 0.6 is 0 Å². The fraction of sp³-hybridized carbons (Fsp3) is 0.500. The summed E-state index contributed by atoms with van der Waals surface area (Å²) < 4.78 is 32.0. The van der Waals surface area contributed by atoms with Crippen molar-refractivity contribution in [1.29, 1.82) is 0 Å². The van der Waals surface area contributed by atoms with Crippen LogP contribution in [0.4, 0.5) is 8.78 Å². The Kier molecular flexibility index (Phi) is 4.01. The van der Waals surface area contributed by atoms with Gasteiger partial charge in [-0.1, -0.05) is 11.2 Å². The molecule has 2 heterocycles. The number of piperidine rings is 1. The minimum Gasteiger partial charge on any atom is -0.342 e. The standard InChI is InChI=1S/C18H19F2N3O2/c1-10-21-17(22-25-10)11-3-2-6-23(9-11)18(24)15-8-14(15)13-5-4-12(19)7-16(13)20/h4-5,7,11,14-15H,2-3,6,8-9H2,1H3/t11-,14-,15+/m1/s1. The molecule has 2 aromatic rings. The summed E-state index contributed by atoms with van der Waals surface area (Å²) in [4.78, 5) is 18.9. The minimum absolute atomic E-state index is 0.0404. The first-order chi connectivity index (χ1) is 12.0. The highest BCUT2D eigenvalue weighted by Crippen LogP contribution is 2.49. The first kappa shape index (κ1) is 16.2. The van der Waals surface area contributed by atoms with E-state index in [2.05, 4.69) is 10.1 Å². The van der Waals surface area contributed by atoms with Gasteiger partial charge in [0.15, 0.2) is 5.82 Å². The van der Waals surface area contributed by atoms with Crippen molar-refractivity contribution in [2.45, 2.75) is 38.0 Å². The number of aromatic nitrogens is 2. The predicted octanol–water partition coefficient (Wildman–Crippen LogP) is 3.17. The van der Waals surface area contributed by atoms with Crippen molar-refractivity contribution in [3.63, 3.8) is 0 Å². The first-order valence-electron chi connectivity index (χ1n) is 8.57. The van der Waals surface area contributed by atoms with Crippen LogP contribution in [-0.4, -0.2) is 34.0 Å². The second-order valence-corrected chi connectivity index (χ2v) is 6.91. The third kappa shape index (κ3) is 3.15. The second kappa shape index (κ2) is 6.20. The first-order valence-corrected chi connectivity index (χ1v) is 8.57. The SMILES string of the molecule is Cc1nc([C@@H]2CCCN(C(=O)[C@H]3C[C@@H]3c3ccc(F)cc3F)C2)no1.